The Kier molecular flexibility index (Phi) is 6.56. The highest BCUT2D eigenvalue weighted by atomic mass is 35.5. The van der Waals surface area contributed by atoms with Gasteiger partial charge in [-0.3, -0.25) is 19.4 Å². The molecule has 0 saturated heterocycles. The number of anilines is 1. The Labute approximate surface area is 177 Å². The number of hydrogen-bond acceptors (Lipinski definition) is 4. The Hall–Kier alpha value is -2.84. The van der Waals surface area contributed by atoms with Crippen molar-refractivity contribution in [2.45, 2.75) is 26.8 Å². The van der Waals surface area contributed by atoms with Crippen LogP contribution in [-0.2, 0) is 6.54 Å². The fourth-order valence-electron chi connectivity index (χ4n) is 2.63. The van der Waals surface area contributed by atoms with Crippen molar-refractivity contribution in [2.24, 2.45) is 0 Å². The maximum atomic E-state index is 12.7. The van der Waals surface area contributed by atoms with Crippen molar-refractivity contribution in [3.8, 4) is 11.3 Å². The van der Waals surface area contributed by atoms with Crippen molar-refractivity contribution in [2.75, 3.05) is 11.9 Å². The minimum atomic E-state index is -0.450. The Morgan fingerprint density at radius 3 is 2.66 bits per heavy atom. The van der Waals surface area contributed by atoms with Crippen LogP contribution in [-0.4, -0.2) is 38.3 Å². The average molecular weight is 435 g/mol. The van der Waals surface area contributed by atoms with Crippen molar-refractivity contribution in [1.29, 1.82) is 0 Å². The van der Waals surface area contributed by atoms with E-state index in [-0.39, 0.29) is 17.3 Å². The van der Waals surface area contributed by atoms with Gasteiger partial charge in [0, 0.05) is 29.9 Å². The fraction of sp³-hybridized carbons (Fsp3) is 0.263. The number of halogens is 2. The van der Waals surface area contributed by atoms with Crippen LogP contribution in [0.3, 0.4) is 0 Å². The van der Waals surface area contributed by atoms with Gasteiger partial charge in [-0.1, -0.05) is 30.1 Å². The summed E-state index contributed by atoms with van der Waals surface area (Å²) in [6, 6.07) is 6.60. The van der Waals surface area contributed by atoms with Crippen LogP contribution in [0.2, 0.25) is 10.0 Å². The summed E-state index contributed by atoms with van der Waals surface area (Å²) < 4.78 is 1.59. The SMILES string of the molecule is CCCNC(=O)c1nn(CC)cc1NC(=O)c1cc(-c2ccc(Cl)cc2Cl)n[nH]1. The summed E-state index contributed by atoms with van der Waals surface area (Å²) in [5, 5.41) is 17.5. The second-order valence-corrected chi connectivity index (χ2v) is 7.09. The van der Waals surface area contributed by atoms with Gasteiger partial charge in [0.1, 0.15) is 5.69 Å². The van der Waals surface area contributed by atoms with Gasteiger partial charge in [0.25, 0.3) is 11.8 Å². The van der Waals surface area contributed by atoms with Gasteiger partial charge in [0.15, 0.2) is 5.69 Å². The molecule has 3 N–H and O–H groups in total. The second-order valence-electron chi connectivity index (χ2n) is 6.25. The Morgan fingerprint density at radius 1 is 1.17 bits per heavy atom. The van der Waals surface area contributed by atoms with E-state index < -0.39 is 5.91 Å². The van der Waals surface area contributed by atoms with E-state index in [1.807, 2.05) is 13.8 Å². The van der Waals surface area contributed by atoms with E-state index in [2.05, 4.69) is 25.9 Å². The molecular weight excluding hydrogens is 415 g/mol. The summed E-state index contributed by atoms with van der Waals surface area (Å²) in [5.41, 5.74) is 1.85. The highest BCUT2D eigenvalue weighted by Crippen LogP contribution is 2.29. The number of carbonyl (C=O) groups excluding carboxylic acids is 2. The van der Waals surface area contributed by atoms with E-state index in [0.717, 1.165) is 6.42 Å². The number of carbonyl (C=O) groups is 2. The van der Waals surface area contributed by atoms with Crippen LogP contribution < -0.4 is 10.6 Å². The van der Waals surface area contributed by atoms with Crippen LogP contribution in [0.15, 0.2) is 30.5 Å². The number of hydrogen-bond donors (Lipinski definition) is 3. The molecule has 0 unspecified atom stereocenters. The number of benzene rings is 1. The standard InChI is InChI=1S/C19H20Cl2N6O2/c1-3-7-22-19(29)17-16(10-27(4-2)26-17)23-18(28)15-9-14(24-25-15)12-6-5-11(20)8-13(12)21/h5-6,8-10H,3-4,7H2,1-2H3,(H,22,29)(H,23,28)(H,24,25). The first-order valence-corrected chi connectivity index (χ1v) is 9.86. The Bertz CT molecular complexity index is 1040. The third-order valence-electron chi connectivity index (χ3n) is 4.11. The number of aromatic nitrogens is 4. The number of rotatable bonds is 7. The van der Waals surface area contributed by atoms with Gasteiger partial charge < -0.3 is 10.6 Å². The predicted octanol–water partition coefficient (Wildman–Crippen LogP) is 3.99. The van der Waals surface area contributed by atoms with E-state index in [4.69, 9.17) is 23.2 Å². The van der Waals surface area contributed by atoms with Crippen LogP contribution in [0.4, 0.5) is 5.69 Å². The third kappa shape index (κ3) is 4.78. The zero-order valence-electron chi connectivity index (χ0n) is 15.9. The lowest BCUT2D eigenvalue weighted by molar-refractivity contribution is 0.0948. The molecule has 2 aromatic heterocycles. The number of aryl methyl sites for hydroxylation is 1. The van der Waals surface area contributed by atoms with E-state index in [1.165, 1.54) is 0 Å². The van der Waals surface area contributed by atoms with Crippen LogP contribution in [0.5, 0.6) is 0 Å². The predicted molar refractivity (Wildman–Crippen MR) is 113 cm³/mol. The van der Waals surface area contributed by atoms with Crippen molar-refractivity contribution in [3.63, 3.8) is 0 Å². The quantitative estimate of drug-likeness (QED) is 0.522. The lowest BCUT2D eigenvalue weighted by atomic mass is 10.1. The summed E-state index contributed by atoms with van der Waals surface area (Å²) >= 11 is 12.1. The first kappa shape index (κ1) is 20.9. The molecule has 2 heterocycles. The number of nitrogens with one attached hydrogen (secondary N) is 3. The van der Waals surface area contributed by atoms with Crippen molar-refractivity contribution in [1.82, 2.24) is 25.3 Å². The highest BCUT2D eigenvalue weighted by molar-refractivity contribution is 6.36. The smallest absolute Gasteiger partial charge is 0.273 e. The molecule has 0 spiro atoms. The zero-order valence-corrected chi connectivity index (χ0v) is 17.4. The van der Waals surface area contributed by atoms with Gasteiger partial charge in [-0.25, -0.2) is 0 Å². The summed E-state index contributed by atoms with van der Waals surface area (Å²) in [7, 11) is 0. The van der Waals surface area contributed by atoms with Gasteiger partial charge in [0.2, 0.25) is 0 Å². The van der Waals surface area contributed by atoms with E-state index >= 15 is 0 Å². The van der Waals surface area contributed by atoms with Crippen LogP contribution in [0, 0.1) is 0 Å². The van der Waals surface area contributed by atoms with Crippen molar-refractivity contribution >= 4 is 40.7 Å². The summed E-state index contributed by atoms with van der Waals surface area (Å²) in [6.45, 7) is 4.93. The molecular formula is C19H20Cl2N6O2. The second kappa shape index (κ2) is 9.11. The first-order valence-electron chi connectivity index (χ1n) is 9.10. The molecule has 0 bridgehead atoms. The summed E-state index contributed by atoms with van der Waals surface area (Å²) in [6.07, 6.45) is 2.41. The normalized spacial score (nSPS) is 10.8. The van der Waals surface area contributed by atoms with Gasteiger partial charge in [-0.05, 0) is 37.6 Å². The molecule has 0 aliphatic heterocycles. The molecule has 29 heavy (non-hydrogen) atoms. The molecule has 2 amide bonds. The lowest BCUT2D eigenvalue weighted by Gasteiger charge is -2.04. The molecule has 1 aromatic carbocycles. The minimum absolute atomic E-state index is 0.161. The molecule has 10 heteroatoms. The minimum Gasteiger partial charge on any atom is -0.351 e. The summed E-state index contributed by atoms with van der Waals surface area (Å²) in [4.78, 5) is 25.0. The van der Waals surface area contributed by atoms with Gasteiger partial charge in [-0.2, -0.15) is 10.2 Å². The highest BCUT2D eigenvalue weighted by Gasteiger charge is 2.20. The van der Waals surface area contributed by atoms with Gasteiger partial charge in [0.05, 0.1) is 16.4 Å². The molecule has 0 aliphatic carbocycles. The molecule has 0 saturated carbocycles. The van der Waals surface area contributed by atoms with Crippen LogP contribution in [0.1, 0.15) is 41.2 Å². The van der Waals surface area contributed by atoms with Crippen molar-refractivity contribution < 1.29 is 9.59 Å². The average Bonchev–Trinajstić information content (AvgIpc) is 3.33. The topological polar surface area (TPSA) is 105 Å². The summed E-state index contributed by atoms with van der Waals surface area (Å²) in [5.74, 6) is -0.790. The van der Waals surface area contributed by atoms with Crippen LogP contribution in [0.25, 0.3) is 11.3 Å². The zero-order chi connectivity index (χ0) is 21.0. The molecule has 0 fully saturated rings. The molecule has 3 rings (SSSR count). The molecule has 0 atom stereocenters. The fourth-order valence-corrected chi connectivity index (χ4v) is 3.13. The van der Waals surface area contributed by atoms with Gasteiger partial charge in [-0.15, -0.1) is 0 Å². The largest absolute Gasteiger partial charge is 0.351 e. The van der Waals surface area contributed by atoms with E-state index in [9.17, 15) is 9.59 Å². The number of nitrogens with zero attached hydrogens (tertiary/aromatic N) is 3. The van der Waals surface area contributed by atoms with Crippen molar-refractivity contribution in [3.05, 3.63) is 51.9 Å². The molecule has 0 aliphatic rings. The molecule has 0 radical (unpaired) electrons. The van der Waals surface area contributed by atoms with Crippen LogP contribution >= 0.6 is 23.2 Å². The first-order chi connectivity index (χ1) is 13.9. The number of aromatic amines is 1. The monoisotopic (exact) mass is 434 g/mol. The number of H-pyrrole nitrogens is 1. The Balaban J connectivity index is 1.81. The number of amides is 2. The van der Waals surface area contributed by atoms with E-state index in [0.29, 0.717) is 40.1 Å². The molecule has 8 nitrogen and oxygen atoms in total. The molecule has 152 valence electrons. The Morgan fingerprint density at radius 2 is 1.97 bits per heavy atom. The maximum Gasteiger partial charge on any atom is 0.273 e. The molecule has 3 aromatic rings. The lowest BCUT2D eigenvalue weighted by Crippen LogP contribution is -2.26. The van der Waals surface area contributed by atoms with E-state index in [1.54, 1.807) is 35.1 Å². The third-order valence-corrected chi connectivity index (χ3v) is 4.66. The van der Waals surface area contributed by atoms with Gasteiger partial charge >= 0.3 is 0 Å². The maximum absolute atomic E-state index is 12.7.